The summed E-state index contributed by atoms with van der Waals surface area (Å²) in [4.78, 5) is 24.6. The van der Waals surface area contributed by atoms with Crippen LogP contribution in [0.5, 0.6) is 5.75 Å². The van der Waals surface area contributed by atoms with Crippen LogP contribution in [0.3, 0.4) is 0 Å². The van der Waals surface area contributed by atoms with Gasteiger partial charge in [-0.1, -0.05) is 24.3 Å². The molecule has 7 heteroatoms. The first-order valence-electron chi connectivity index (χ1n) is 9.42. The van der Waals surface area contributed by atoms with E-state index in [1.807, 2.05) is 19.9 Å². The van der Waals surface area contributed by atoms with Crippen molar-refractivity contribution in [3.8, 4) is 5.75 Å². The lowest BCUT2D eigenvalue weighted by Gasteiger charge is -2.32. The topological polar surface area (TPSA) is 84.7 Å². The summed E-state index contributed by atoms with van der Waals surface area (Å²) in [7, 11) is 0. The lowest BCUT2D eigenvalue weighted by Crippen LogP contribution is -2.46. The van der Waals surface area contributed by atoms with Crippen LogP contribution in [0.25, 0.3) is 0 Å². The van der Waals surface area contributed by atoms with Gasteiger partial charge in [-0.2, -0.15) is 0 Å². The monoisotopic (exact) mass is 383 g/mol. The van der Waals surface area contributed by atoms with Crippen LogP contribution in [-0.4, -0.2) is 35.0 Å². The van der Waals surface area contributed by atoms with Crippen molar-refractivity contribution < 1.29 is 14.5 Å². The highest BCUT2D eigenvalue weighted by molar-refractivity contribution is 5.74. The highest BCUT2D eigenvalue weighted by atomic mass is 16.6. The summed E-state index contributed by atoms with van der Waals surface area (Å²) in [6.45, 7) is 5.58. The first kappa shape index (κ1) is 19.7. The van der Waals surface area contributed by atoms with E-state index in [-0.39, 0.29) is 24.4 Å². The predicted molar refractivity (Wildman–Crippen MR) is 106 cm³/mol. The number of likely N-dealkylation sites (tertiary alicyclic amines) is 1. The number of rotatable bonds is 5. The Balaban J connectivity index is 1.48. The van der Waals surface area contributed by atoms with Crippen molar-refractivity contribution in [1.29, 1.82) is 0 Å². The summed E-state index contributed by atoms with van der Waals surface area (Å²) in [5.41, 5.74) is 3.01. The molecular formula is C21H25N3O4. The van der Waals surface area contributed by atoms with Crippen molar-refractivity contribution in [1.82, 2.24) is 10.2 Å². The molecule has 0 atom stereocenters. The average Bonchev–Trinajstić information content (AvgIpc) is 2.69. The molecule has 1 aliphatic rings. The predicted octanol–water partition coefficient (Wildman–Crippen LogP) is 3.96. The third kappa shape index (κ3) is 5.00. The Kier molecular flexibility index (Phi) is 6.13. The van der Waals surface area contributed by atoms with Crippen molar-refractivity contribution in [3.05, 3.63) is 69.3 Å². The van der Waals surface area contributed by atoms with Gasteiger partial charge in [0, 0.05) is 44.6 Å². The summed E-state index contributed by atoms with van der Waals surface area (Å²) >= 11 is 0. The van der Waals surface area contributed by atoms with E-state index >= 15 is 0 Å². The second kappa shape index (κ2) is 8.73. The van der Waals surface area contributed by atoms with Gasteiger partial charge >= 0.3 is 6.03 Å². The van der Waals surface area contributed by atoms with E-state index in [4.69, 9.17) is 4.74 Å². The van der Waals surface area contributed by atoms with Gasteiger partial charge in [0.25, 0.3) is 5.69 Å². The number of nitrogens with one attached hydrogen (secondary N) is 1. The van der Waals surface area contributed by atoms with Gasteiger partial charge in [-0.25, -0.2) is 4.79 Å². The Morgan fingerprint density at radius 2 is 1.96 bits per heavy atom. The largest absolute Gasteiger partial charge is 0.490 e. The molecule has 2 aromatic rings. The fourth-order valence-corrected chi connectivity index (χ4v) is 3.26. The van der Waals surface area contributed by atoms with Gasteiger partial charge < -0.3 is 15.0 Å². The van der Waals surface area contributed by atoms with Gasteiger partial charge in [0.1, 0.15) is 11.9 Å². The van der Waals surface area contributed by atoms with E-state index in [1.165, 1.54) is 17.7 Å². The van der Waals surface area contributed by atoms with Crippen LogP contribution in [0.15, 0.2) is 42.5 Å². The van der Waals surface area contributed by atoms with Crippen LogP contribution in [0.2, 0.25) is 0 Å². The molecule has 1 heterocycles. The SMILES string of the molecule is Cc1ccc(C)c(OC2CCN(C(=O)NCc3cccc([N+](=O)[O-])c3)CC2)c1. The molecule has 3 rings (SSSR count). The molecule has 7 nitrogen and oxygen atoms in total. The second-order valence-electron chi connectivity index (χ2n) is 7.16. The minimum absolute atomic E-state index is 0.0242. The Morgan fingerprint density at radius 3 is 2.68 bits per heavy atom. The molecule has 0 aromatic heterocycles. The van der Waals surface area contributed by atoms with E-state index in [0.717, 1.165) is 24.2 Å². The minimum atomic E-state index is -0.438. The zero-order valence-corrected chi connectivity index (χ0v) is 16.2. The molecular weight excluding hydrogens is 358 g/mol. The number of benzene rings is 2. The van der Waals surface area contributed by atoms with Crippen LogP contribution in [-0.2, 0) is 6.54 Å². The van der Waals surface area contributed by atoms with Gasteiger partial charge in [0.15, 0.2) is 0 Å². The number of non-ortho nitro benzene ring substituents is 1. The van der Waals surface area contributed by atoms with Crippen molar-refractivity contribution in [2.24, 2.45) is 0 Å². The van der Waals surface area contributed by atoms with Crippen LogP contribution < -0.4 is 10.1 Å². The fraction of sp³-hybridized carbons (Fsp3) is 0.381. The molecule has 0 radical (unpaired) electrons. The van der Waals surface area contributed by atoms with Crippen LogP contribution in [0.1, 0.15) is 29.5 Å². The number of nitro groups is 1. The molecule has 2 aromatic carbocycles. The number of carbonyl (C=O) groups is 1. The van der Waals surface area contributed by atoms with Gasteiger partial charge in [-0.15, -0.1) is 0 Å². The molecule has 0 aliphatic carbocycles. The summed E-state index contributed by atoms with van der Waals surface area (Å²) < 4.78 is 6.14. The highest BCUT2D eigenvalue weighted by Crippen LogP contribution is 2.24. The van der Waals surface area contributed by atoms with Crippen LogP contribution in [0.4, 0.5) is 10.5 Å². The number of amides is 2. The fourth-order valence-electron chi connectivity index (χ4n) is 3.26. The van der Waals surface area contributed by atoms with Crippen molar-refractivity contribution in [2.75, 3.05) is 13.1 Å². The van der Waals surface area contributed by atoms with Gasteiger partial charge in [-0.3, -0.25) is 10.1 Å². The number of ether oxygens (including phenoxy) is 1. The van der Waals surface area contributed by atoms with E-state index in [1.54, 1.807) is 17.0 Å². The number of hydrogen-bond acceptors (Lipinski definition) is 4. The number of nitrogens with zero attached hydrogens (tertiary/aromatic N) is 2. The van der Waals surface area contributed by atoms with E-state index in [0.29, 0.717) is 18.7 Å². The highest BCUT2D eigenvalue weighted by Gasteiger charge is 2.24. The Labute approximate surface area is 164 Å². The van der Waals surface area contributed by atoms with E-state index < -0.39 is 4.92 Å². The number of urea groups is 1. The Morgan fingerprint density at radius 1 is 1.21 bits per heavy atom. The molecule has 0 saturated carbocycles. The number of hydrogen-bond donors (Lipinski definition) is 1. The normalized spacial score (nSPS) is 14.6. The zero-order valence-electron chi connectivity index (χ0n) is 16.2. The quantitative estimate of drug-likeness (QED) is 0.625. The van der Waals surface area contributed by atoms with E-state index in [2.05, 4.69) is 17.4 Å². The molecule has 1 saturated heterocycles. The lowest BCUT2D eigenvalue weighted by molar-refractivity contribution is -0.384. The number of carbonyl (C=O) groups excluding carboxylic acids is 1. The number of piperidine rings is 1. The summed E-state index contributed by atoms with van der Waals surface area (Å²) in [5, 5.41) is 13.7. The second-order valence-corrected chi connectivity index (χ2v) is 7.16. The number of nitro benzene ring substituents is 1. The molecule has 28 heavy (non-hydrogen) atoms. The maximum Gasteiger partial charge on any atom is 0.317 e. The van der Waals surface area contributed by atoms with Crippen molar-refractivity contribution in [2.45, 2.75) is 39.3 Å². The third-order valence-corrected chi connectivity index (χ3v) is 4.93. The standard InChI is InChI=1S/C21H25N3O4/c1-15-6-7-16(2)20(12-15)28-19-8-10-23(11-9-19)21(25)22-14-17-4-3-5-18(13-17)24(26)27/h3-7,12-13,19H,8-11,14H2,1-2H3,(H,22,25). The first-order chi connectivity index (χ1) is 13.4. The third-order valence-electron chi connectivity index (χ3n) is 4.93. The van der Waals surface area contributed by atoms with Gasteiger partial charge in [-0.05, 0) is 36.6 Å². The first-order valence-corrected chi connectivity index (χ1v) is 9.42. The molecule has 0 bridgehead atoms. The van der Waals surface area contributed by atoms with Crippen molar-refractivity contribution in [3.63, 3.8) is 0 Å². The molecule has 1 fully saturated rings. The Hall–Kier alpha value is -3.09. The smallest absolute Gasteiger partial charge is 0.317 e. The Bertz CT molecular complexity index is 860. The maximum absolute atomic E-state index is 12.4. The van der Waals surface area contributed by atoms with E-state index in [9.17, 15) is 14.9 Å². The molecule has 1 aliphatic heterocycles. The molecule has 1 N–H and O–H groups in total. The van der Waals surface area contributed by atoms with Crippen molar-refractivity contribution >= 4 is 11.7 Å². The molecule has 2 amide bonds. The summed E-state index contributed by atoms with van der Waals surface area (Å²) in [6, 6.07) is 12.3. The molecule has 0 unspecified atom stereocenters. The molecule has 0 spiro atoms. The minimum Gasteiger partial charge on any atom is -0.490 e. The van der Waals surface area contributed by atoms with Gasteiger partial charge in [0.05, 0.1) is 4.92 Å². The van der Waals surface area contributed by atoms with Gasteiger partial charge in [0.2, 0.25) is 0 Å². The lowest BCUT2D eigenvalue weighted by atomic mass is 10.1. The summed E-state index contributed by atoms with van der Waals surface area (Å²) in [6.07, 6.45) is 1.65. The molecule has 148 valence electrons. The van der Waals surface area contributed by atoms with Crippen LogP contribution >= 0.6 is 0 Å². The average molecular weight is 383 g/mol. The zero-order chi connectivity index (χ0) is 20.1. The summed E-state index contributed by atoms with van der Waals surface area (Å²) in [5.74, 6) is 0.911. The number of aryl methyl sites for hydroxylation is 2. The maximum atomic E-state index is 12.4. The van der Waals surface area contributed by atoms with Crippen LogP contribution in [0, 0.1) is 24.0 Å².